The van der Waals surface area contributed by atoms with Crippen molar-refractivity contribution in [3.63, 3.8) is 0 Å². The van der Waals surface area contributed by atoms with Crippen molar-refractivity contribution < 1.29 is 4.39 Å². The van der Waals surface area contributed by atoms with Gasteiger partial charge in [-0.1, -0.05) is 29.8 Å². The predicted octanol–water partition coefficient (Wildman–Crippen LogP) is 3.51. The number of benzene rings is 1. The van der Waals surface area contributed by atoms with Gasteiger partial charge >= 0.3 is 0 Å². The number of hydrogen-bond acceptors (Lipinski definition) is 1. The Morgan fingerprint density at radius 1 is 1.47 bits per heavy atom. The van der Waals surface area contributed by atoms with Crippen LogP contribution in [0.3, 0.4) is 0 Å². The summed E-state index contributed by atoms with van der Waals surface area (Å²) in [7, 11) is 0. The van der Waals surface area contributed by atoms with Gasteiger partial charge in [-0.05, 0) is 48.6 Å². The molecular weight excluding hydrogens is 257 g/mol. The monoisotopic (exact) mass is 273 g/mol. The Labute approximate surface area is 99.0 Å². The Bertz CT molecular complexity index is 334. The molecule has 0 heterocycles. The van der Waals surface area contributed by atoms with Crippen molar-refractivity contribution in [2.24, 2.45) is 11.1 Å². The average Bonchev–Trinajstić information content (AvgIpc) is 2.23. The first-order chi connectivity index (χ1) is 7.00. The van der Waals surface area contributed by atoms with Gasteiger partial charge in [-0.25, -0.2) is 4.39 Å². The summed E-state index contributed by atoms with van der Waals surface area (Å²) >= 11 is 3.43. The zero-order valence-electron chi connectivity index (χ0n) is 9.19. The molecule has 84 valence electrons. The molecule has 3 heteroatoms. The van der Waals surface area contributed by atoms with Crippen LogP contribution in [-0.4, -0.2) is 6.54 Å². The van der Waals surface area contributed by atoms with Gasteiger partial charge in [-0.3, -0.25) is 0 Å². The molecule has 0 bridgehead atoms. The molecular formula is C12H17BrFN. The molecule has 0 aliphatic heterocycles. The summed E-state index contributed by atoms with van der Waals surface area (Å²) in [6, 6.07) is 4.78. The van der Waals surface area contributed by atoms with Crippen LogP contribution in [-0.2, 0) is 6.42 Å². The molecule has 1 atom stereocenters. The van der Waals surface area contributed by atoms with E-state index in [1.165, 1.54) is 6.07 Å². The highest BCUT2D eigenvalue weighted by Crippen LogP contribution is 2.29. The second-order valence-electron chi connectivity index (χ2n) is 4.28. The van der Waals surface area contributed by atoms with Crippen molar-refractivity contribution in [3.05, 3.63) is 34.1 Å². The van der Waals surface area contributed by atoms with Crippen molar-refractivity contribution in [2.45, 2.75) is 26.7 Å². The summed E-state index contributed by atoms with van der Waals surface area (Å²) in [6.07, 6.45) is 1.80. The Balaban J connectivity index is 2.92. The maximum Gasteiger partial charge on any atom is 0.123 e. The summed E-state index contributed by atoms with van der Waals surface area (Å²) in [5.74, 6) is -0.191. The molecule has 0 aliphatic carbocycles. The molecule has 1 nitrogen and oxygen atoms in total. The van der Waals surface area contributed by atoms with Crippen LogP contribution in [0.5, 0.6) is 0 Å². The first-order valence-electron chi connectivity index (χ1n) is 5.15. The van der Waals surface area contributed by atoms with E-state index < -0.39 is 0 Å². The van der Waals surface area contributed by atoms with Gasteiger partial charge in [0.2, 0.25) is 0 Å². The van der Waals surface area contributed by atoms with Crippen molar-refractivity contribution in [3.8, 4) is 0 Å². The lowest BCUT2D eigenvalue weighted by atomic mass is 9.81. The quantitative estimate of drug-likeness (QED) is 0.893. The zero-order valence-corrected chi connectivity index (χ0v) is 10.8. The van der Waals surface area contributed by atoms with Gasteiger partial charge in [0, 0.05) is 4.47 Å². The fourth-order valence-corrected chi connectivity index (χ4v) is 1.87. The molecule has 1 aromatic carbocycles. The lowest BCUT2D eigenvalue weighted by Crippen LogP contribution is -2.28. The largest absolute Gasteiger partial charge is 0.330 e. The summed E-state index contributed by atoms with van der Waals surface area (Å²) in [4.78, 5) is 0. The van der Waals surface area contributed by atoms with E-state index in [2.05, 4.69) is 29.8 Å². The summed E-state index contributed by atoms with van der Waals surface area (Å²) in [5.41, 5.74) is 6.79. The van der Waals surface area contributed by atoms with E-state index >= 15 is 0 Å². The van der Waals surface area contributed by atoms with Crippen molar-refractivity contribution in [2.75, 3.05) is 6.54 Å². The van der Waals surface area contributed by atoms with Gasteiger partial charge in [0.25, 0.3) is 0 Å². The zero-order chi connectivity index (χ0) is 11.5. The minimum atomic E-state index is -0.191. The Kier molecular flexibility index (Phi) is 4.29. The molecule has 0 fully saturated rings. The lowest BCUT2D eigenvalue weighted by molar-refractivity contribution is 0.319. The van der Waals surface area contributed by atoms with E-state index in [-0.39, 0.29) is 11.2 Å². The lowest BCUT2D eigenvalue weighted by Gasteiger charge is -2.26. The maximum absolute atomic E-state index is 13.1. The van der Waals surface area contributed by atoms with E-state index in [0.717, 1.165) is 22.9 Å². The standard InChI is InChI=1S/C12H17BrFN/c1-3-12(2,8-15)7-9-6-10(14)4-5-11(9)13/h4-6H,3,7-8,15H2,1-2H3. The van der Waals surface area contributed by atoms with Gasteiger partial charge in [0.15, 0.2) is 0 Å². The second-order valence-corrected chi connectivity index (χ2v) is 5.14. The molecule has 0 aromatic heterocycles. The Hall–Kier alpha value is -0.410. The van der Waals surface area contributed by atoms with E-state index in [4.69, 9.17) is 5.73 Å². The molecule has 0 aliphatic rings. The van der Waals surface area contributed by atoms with Crippen molar-refractivity contribution >= 4 is 15.9 Å². The first kappa shape index (κ1) is 12.7. The first-order valence-corrected chi connectivity index (χ1v) is 5.94. The molecule has 0 radical (unpaired) electrons. The van der Waals surface area contributed by atoms with Crippen LogP contribution < -0.4 is 5.73 Å². The summed E-state index contributed by atoms with van der Waals surface area (Å²) in [6.45, 7) is 4.86. The highest BCUT2D eigenvalue weighted by Gasteiger charge is 2.21. The third-order valence-corrected chi connectivity index (χ3v) is 3.74. The fraction of sp³-hybridized carbons (Fsp3) is 0.500. The van der Waals surface area contributed by atoms with Crippen LogP contribution in [0.4, 0.5) is 4.39 Å². The third kappa shape index (κ3) is 3.28. The normalized spacial score (nSPS) is 15.0. The van der Waals surface area contributed by atoms with Gasteiger partial charge in [-0.2, -0.15) is 0 Å². The average molecular weight is 274 g/mol. The molecule has 0 spiro atoms. The number of hydrogen-bond donors (Lipinski definition) is 1. The molecule has 15 heavy (non-hydrogen) atoms. The molecule has 0 saturated heterocycles. The van der Waals surface area contributed by atoms with Crippen LogP contribution in [0, 0.1) is 11.2 Å². The van der Waals surface area contributed by atoms with E-state index in [9.17, 15) is 4.39 Å². The molecule has 1 rings (SSSR count). The molecule has 0 amide bonds. The number of rotatable bonds is 4. The molecule has 0 saturated carbocycles. The maximum atomic E-state index is 13.1. The van der Waals surface area contributed by atoms with Gasteiger partial charge in [0.1, 0.15) is 5.82 Å². The molecule has 1 unspecified atom stereocenters. The minimum Gasteiger partial charge on any atom is -0.330 e. The Morgan fingerprint density at radius 3 is 2.67 bits per heavy atom. The number of halogens is 2. The number of nitrogens with two attached hydrogens (primary N) is 1. The van der Waals surface area contributed by atoms with Crippen LogP contribution >= 0.6 is 15.9 Å². The van der Waals surface area contributed by atoms with Crippen LogP contribution in [0.25, 0.3) is 0 Å². The fourth-order valence-electron chi connectivity index (χ4n) is 1.48. The van der Waals surface area contributed by atoms with E-state index in [1.807, 2.05) is 0 Å². The van der Waals surface area contributed by atoms with E-state index in [1.54, 1.807) is 12.1 Å². The van der Waals surface area contributed by atoms with Crippen molar-refractivity contribution in [1.29, 1.82) is 0 Å². The molecule has 1 aromatic rings. The van der Waals surface area contributed by atoms with Crippen LogP contribution in [0.15, 0.2) is 22.7 Å². The smallest absolute Gasteiger partial charge is 0.123 e. The Morgan fingerprint density at radius 2 is 2.13 bits per heavy atom. The predicted molar refractivity (Wildman–Crippen MR) is 65.3 cm³/mol. The minimum absolute atomic E-state index is 0.0519. The van der Waals surface area contributed by atoms with Crippen LogP contribution in [0.2, 0.25) is 0 Å². The third-order valence-electron chi connectivity index (χ3n) is 2.97. The summed E-state index contributed by atoms with van der Waals surface area (Å²) < 4.78 is 14.0. The summed E-state index contributed by atoms with van der Waals surface area (Å²) in [5, 5.41) is 0. The highest BCUT2D eigenvalue weighted by atomic mass is 79.9. The SMILES string of the molecule is CCC(C)(CN)Cc1cc(F)ccc1Br. The van der Waals surface area contributed by atoms with Gasteiger partial charge < -0.3 is 5.73 Å². The van der Waals surface area contributed by atoms with Crippen molar-refractivity contribution in [1.82, 2.24) is 0 Å². The van der Waals surface area contributed by atoms with Gasteiger partial charge in [0.05, 0.1) is 0 Å². The van der Waals surface area contributed by atoms with Gasteiger partial charge in [-0.15, -0.1) is 0 Å². The van der Waals surface area contributed by atoms with Crippen LogP contribution in [0.1, 0.15) is 25.8 Å². The van der Waals surface area contributed by atoms with E-state index in [0.29, 0.717) is 6.54 Å². The topological polar surface area (TPSA) is 26.0 Å². The molecule has 2 N–H and O–H groups in total. The second kappa shape index (κ2) is 5.08. The highest BCUT2D eigenvalue weighted by molar-refractivity contribution is 9.10.